The van der Waals surface area contributed by atoms with Crippen LogP contribution in [-0.4, -0.2) is 60.0 Å². The number of aromatic nitrogens is 1. The molecule has 2 saturated heterocycles. The van der Waals surface area contributed by atoms with Gasteiger partial charge in [0.2, 0.25) is 0 Å². The first-order valence-corrected chi connectivity index (χ1v) is 11.6. The van der Waals surface area contributed by atoms with Crippen LogP contribution in [0.2, 0.25) is 0 Å². The molecule has 1 N–H and O–H groups in total. The lowest BCUT2D eigenvalue weighted by molar-refractivity contribution is 0.0946. The molecule has 4 rings (SSSR count). The molecular formula is C25H32F2N4O. The molecule has 2 aliphatic heterocycles. The van der Waals surface area contributed by atoms with Crippen molar-refractivity contribution in [2.24, 2.45) is 0 Å². The Hall–Kier alpha value is -2.38. The van der Waals surface area contributed by atoms with Crippen LogP contribution in [0.4, 0.5) is 8.78 Å². The Morgan fingerprint density at radius 1 is 1.06 bits per heavy atom. The number of carbonyl (C=O) groups is 1. The number of benzene rings is 1. The van der Waals surface area contributed by atoms with Gasteiger partial charge in [0, 0.05) is 42.9 Å². The summed E-state index contributed by atoms with van der Waals surface area (Å²) in [5, 5.41) is 3.07. The highest BCUT2D eigenvalue weighted by atomic mass is 19.1. The van der Waals surface area contributed by atoms with Crippen LogP contribution in [0.15, 0.2) is 30.3 Å². The first kappa shape index (κ1) is 22.8. The van der Waals surface area contributed by atoms with Crippen LogP contribution in [-0.2, 0) is 6.54 Å². The van der Waals surface area contributed by atoms with Gasteiger partial charge >= 0.3 is 0 Å². The van der Waals surface area contributed by atoms with E-state index in [9.17, 15) is 13.6 Å². The number of nitrogens with one attached hydrogen (secondary N) is 1. The topological polar surface area (TPSA) is 48.5 Å². The fourth-order valence-electron chi connectivity index (χ4n) is 4.76. The summed E-state index contributed by atoms with van der Waals surface area (Å²) in [6, 6.07) is 7.54. The standard InChI is InChI=1S/C25H32F2N4O/c1-18-4-7-22(25(32)28-10-15-30-11-2-3-12-30)24(29-18)19-8-13-31(14-9-19)17-20-5-6-21(26)16-23(20)27/h4-7,16,19H,2-3,8-15,17H2,1H3,(H,28,32). The predicted molar refractivity (Wildman–Crippen MR) is 121 cm³/mol. The molecule has 1 aromatic carbocycles. The van der Waals surface area contributed by atoms with Gasteiger partial charge in [0.15, 0.2) is 0 Å². The Bertz CT molecular complexity index is 938. The van der Waals surface area contributed by atoms with Gasteiger partial charge in [0.1, 0.15) is 11.6 Å². The molecule has 172 valence electrons. The van der Waals surface area contributed by atoms with Crippen molar-refractivity contribution in [1.82, 2.24) is 20.1 Å². The molecule has 0 saturated carbocycles. The number of pyridine rings is 1. The van der Waals surface area contributed by atoms with Gasteiger partial charge in [-0.2, -0.15) is 0 Å². The Morgan fingerprint density at radius 3 is 2.53 bits per heavy atom. The van der Waals surface area contributed by atoms with Crippen LogP contribution in [0.1, 0.15) is 58.9 Å². The van der Waals surface area contributed by atoms with Crippen molar-refractivity contribution in [3.63, 3.8) is 0 Å². The number of rotatable bonds is 7. The minimum Gasteiger partial charge on any atom is -0.351 e. The number of hydrogen-bond acceptors (Lipinski definition) is 4. The molecular weight excluding hydrogens is 410 g/mol. The van der Waals surface area contributed by atoms with E-state index in [1.807, 2.05) is 19.1 Å². The minimum atomic E-state index is -0.554. The SMILES string of the molecule is Cc1ccc(C(=O)NCCN2CCCC2)c(C2CCN(Cc3ccc(F)cc3F)CC2)n1. The maximum atomic E-state index is 14.0. The predicted octanol–water partition coefficient (Wildman–Crippen LogP) is 3.87. The van der Waals surface area contributed by atoms with E-state index in [4.69, 9.17) is 4.98 Å². The first-order chi connectivity index (χ1) is 15.5. The van der Waals surface area contributed by atoms with Crippen molar-refractivity contribution in [3.8, 4) is 0 Å². The number of amides is 1. The molecule has 7 heteroatoms. The van der Waals surface area contributed by atoms with Gasteiger partial charge in [-0.25, -0.2) is 8.78 Å². The van der Waals surface area contributed by atoms with Gasteiger partial charge in [-0.1, -0.05) is 6.07 Å². The molecule has 3 heterocycles. The summed E-state index contributed by atoms with van der Waals surface area (Å²) in [7, 11) is 0. The van der Waals surface area contributed by atoms with E-state index in [2.05, 4.69) is 15.1 Å². The zero-order valence-electron chi connectivity index (χ0n) is 18.7. The number of likely N-dealkylation sites (tertiary alicyclic amines) is 2. The zero-order valence-corrected chi connectivity index (χ0v) is 18.7. The summed E-state index contributed by atoms with van der Waals surface area (Å²) in [4.78, 5) is 22.2. The molecule has 1 aromatic heterocycles. The second-order valence-electron chi connectivity index (χ2n) is 8.98. The smallest absolute Gasteiger partial charge is 0.253 e. The number of hydrogen-bond donors (Lipinski definition) is 1. The monoisotopic (exact) mass is 442 g/mol. The normalized spacial score (nSPS) is 18.2. The van der Waals surface area contributed by atoms with Crippen LogP contribution in [0.3, 0.4) is 0 Å². The highest BCUT2D eigenvalue weighted by Gasteiger charge is 2.26. The number of piperidine rings is 1. The van der Waals surface area contributed by atoms with Crippen molar-refractivity contribution in [1.29, 1.82) is 0 Å². The van der Waals surface area contributed by atoms with Crippen LogP contribution >= 0.6 is 0 Å². The van der Waals surface area contributed by atoms with Crippen molar-refractivity contribution in [3.05, 3.63) is 64.5 Å². The maximum Gasteiger partial charge on any atom is 0.253 e. The molecule has 0 spiro atoms. The van der Waals surface area contributed by atoms with Crippen LogP contribution in [0.5, 0.6) is 0 Å². The number of aryl methyl sites for hydroxylation is 1. The lowest BCUT2D eigenvalue weighted by Gasteiger charge is -2.32. The molecule has 2 aliphatic rings. The van der Waals surface area contributed by atoms with E-state index in [-0.39, 0.29) is 11.8 Å². The van der Waals surface area contributed by atoms with Gasteiger partial charge < -0.3 is 10.2 Å². The summed E-state index contributed by atoms with van der Waals surface area (Å²) in [5.74, 6) is -0.909. The molecule has 0 unspecified atom stereocenters. The van der Waals surface area contributed by atoms with E-state index >= 15 is 0 Å². The third-order valence-corrected chi connectivity index (χ3v) is 6.60. The molecule has 0 aliphatic carbocycles. The third-order valence-electron chi connectivity index (χ3n) is 6.60. The third kappa shape index (κ3) is 5.70. The number of carbonyl (C=O) groups excluding carboxylic acids is 1. The van der Waals surface area contributed by atoms with Crippen LogP contribution in [0, 0.1) is 18.6 Å². The lowest BCUT2D eigenvalue weighted by atomic mass is 9.89. The molecule has 0 atom stereocenters. The summed E-state index contributed by atoms with van der Waals surface area (Å²) >= 11 is 0. The largest absolute Gasteiger partial charge is 0.351 e. The molecule has 1 amide bonds. The van der Waals surface area contributed by atoms with Gasteiger partial charge in [0.25, 0.3) is 5.91 Å². The highest BCUT2D eigenvalue weighted by Crippen LogP contribution is 2.30. The molecule has 2 fully saturated rings. The minimum absolute atomic E-state index is 0.0532. The highest BCUT2D eigenvalue weighted by molar-refractivity contribution is 5.95. The fraction of sp³-hybridized carbons (Fsp3) is 0.520. The maximum absolute atomic E-state index is 14.0. The van der Waals surface area contributed by atoms with Gasteiger partial charge in [-0.05, 0) is 77.0 Å². The molecule has 5 nitrogen and oxygen atoms in total. The van der Waals surface area contributed by atoms with Crippen molar-refractivity contribution < 1.29 is 13.6 Å². The number of halogens is 2. The van der Waals surface area contributed by atoms with E-state index in [1.165, 1.54) is 25.0 Å². The zero-order chi connectivity index (χ0) is 22.5. The number of nitrogens with zero attached hydrogens (tertiary/aromatic N) is 3. The van der Waals surface area contributed by atoms with E-state index in [0.717, 1.165) is 63.0 Å². The van der Waals surface area contributed by atoms with E-state index < -0.39 is 11.6 Å². The molecule has 32 heavy (non-hydrogen) atoms. The summed E-state index contributed by atoms with van der Waals surface area (Å²) < 4.78 is 27.2. The lowest BCUT2D eigenvalue weighted by Crippen LogP contribution is -2.36. The van der Waals surface area contributed by atoms with Crippen molar-refractivity contribution >= 4 is 5.91 Å². The molecule has 0 radical (unpaired) electrons. The van der Waals surface area contributed by atoms with Gasteiger partial charge in [-0.15, -0.1) is 0 Å². The fourth-order valence-corrected chi connectivity index (χ4v) is 4.76. The Morgan fingerprint density at radius 2 is 1.81 bits per heavy atom. The summed E-state index contributed by atoms with van der Waals surface area (Å²) in [6.07, 6.45) is 4.19. The first-order valence-electron chi connectivity index (χ1n) is 11.6. The van der Waals surface area contributed by atoms with Crippen molar-refractivity contribution in [2.45, 2.75) is 45.1 Å². The van der Waals surface area contributed by atoms with Crippen LogP contribution < -0.4 is 5.32 Å². The Kier molecular flexibility index (Phi) is 7.48. The van der Waals surface area contributed by atoms with Crippen molar-refractivity contribution in [2.75, 3.05) is 39.3 Å². The summed E-state index contributed by atoms with van der Waals surface area (Å²) in [6.45, 7) is 7.75. The summed E-state index contributed by atoms with van der Waals surface area (Å²) in [5.41, 5.74) is 2.96. The average molecular weight is 443 g/mol. The Labute approximate surface area is 188 Å². The van der Waals surface area contributed by atoms with Gasteiger partial charge in [0.05, 0.1) is 11.3 Å². The van der Waals surface area contributed by atoms with E-state index in [1.54, 1.807) is 0 Å². The van der Waals surface area contributed by atoms with Gasteiger partial charge in [-0.3, -0.25) is 14.7 Å². The average Bonchev–Trinajstić information content (AvgIpc) is 3.29. The second-order valence-corrected chi connectivity index (χ2v) is 8.98. The van der Waals surface area contributed by atoms with E-state index in [0.29, 0.717) is 24.2 Å². The van der Waals surface area contributed by atoms with Crippen LogP contribution in [0.25, 0.3) is 0 Å². The second kappa shape index (κ2) is 10.5. The molecule has 0 bridgehead atoms. The quantitative estimate of drug-likeness (QED) is 0.707. The molecule has 2 aromatic rings. The Balaban J connectivity index is 1.36.